The first-order valence-electron chi connectivity index (χ1n) is 4.58. The summed E-state index contributed by atoms with van der Waals surface area (Å²) in [5.74, 6) is 0.993. The monoisotopic (exact) mass is 226 g/mol. The van der Waals surface area contributed by atoms with Crippen LogP contribution in [-0.4, -0.2) is 15.0 Å². The predicted octanol–water partition coefficient (Wildman–Crippen LogP) is 2.89. The third-order valence-electron chi connectivity index (χ3n) is 2.57. The molecule has 12 heavy (non-hydrogen) atoms. The van der Waals surface area contributed by atoms with Gasteiger partial charge in [0.25, 0.3) is 0 Å². The van der Waals surface area contributed by atoms with Gasteiger partial charge >= 0.3 is 80.3 Å². The van der Waals surface area contributed by atoms with Gasteiger partial charge in [-0.15, -0.1) is 0 Å². The molecule has 1 aliphatic heterocycles. The Morgan fingerprint density at radius 3 is 2.58 bits per heavy atom. The molecule has 2 atom stereocenters. The molecule has 1 heteroatoms. The van der Waals surface area contributed by atoms with E-state index < -0.39 is 0 Å². The molecule has 0 aromatic heterocycles. The van der Waals surface area contributed by atoms with Gasteiger partial charge in [-0.05, 0) is 0 Å². The zero-order valence-corrected chi connectivity index (χ0v) is 9.08. The molecule has 1 aliphatic rings. The summed E-state index contributed by atoms with van der Waals surface area (Å²) >= 11 is 0.891. The van der Waals surface area contributed by atoms with Crippen molar-refractivity contribution in [2.24, 2.45) is 5.92 Å². The molecular weight excluding hydrogens is 211 g/mol. The molecule has 0 spiro atoms. The van der Waals surface area contributed by atoms with E-state index in [9.17, 15) is 0 Å². The normalized spacial score (nSPS) is 28.1. The van der Waals surface area contributed by atoms with Gasteiger partial charge in [0.1, 0.15) is 0 Å². The fourth-order valence-electron chi connectivity index (χ4n) is 1.67. The zero-order valence-electron chi connectivity index (χ0n) is 7.36. The van der Waals surface area contributed by atoms with E-state index in [-0.39, 0.29) is 0 Å². The van der Waals surface area contributed by atoms with Gasteiger partial charge in [-0.25, -0.2) is 0 Å². The van der Waals surface area contributed by atoms with Gasteiger partial charge < -0.3 is 0 Å². The van der Waals surface area contributed by atoms with Crippen LogP contribution in [-0.2, 0) is 0 Å². The van der Waals surface area contributed by atoms with E-state index in [2.05, 4.69) is 37.3 Å². The van der Waals surface area contributed by atoms with Crippen LogP contribution in [0, 0.1) is 5.92 Å². The van der Waals surface area contributed by atoms with Crippen molar-refractivity contribution >= 4 is 15.0 Å². The van der Waals surface area contributed by atoms with Crippen LogP contribution in [0.15, 0.2) is 30.3 Å². The maximum absolute atomic E-state index is 2.32. The second-order valence-electron chi connectivity index (χ2n) is 3.33. The molecule has 0 N–H and O–H groups in total. The number of benzene rings is 1. The molecule has 0 unspecified atom stereocenters. The van der Waals surface area contributed by atoms with E-state index in [1.165, 1.54) is 11.7 Å². The Hall–Kier alpha value is -0.261. The predicted molar refractivity (Wildman–Crippen MR) is 53.5 cm³/mol. The third kappa shape index (κ3) is 1.44. The first kappa shape index (κ1) is 8.34. The Bertz CT molecular complexity index is 240. The molecule has 64 valence electrons. The molecule has 1 heterocycles. The van der Waals surface area contributed by atoms with Crippen LogP contribution < -0.4 is 0 Å². The van der Waals surface area contributed by atoms with Crippen LogP contribution in [0.2, 0.25) is 5.32 Å². The van der Waals surface area contributed by atoms with Gasteiger partial charge in [0.15, 0.2) is 0 Å². The summed E-state index contributed by atoms with van der Waals surface area (Å²) in [5.41, 5.74) is 1.58. The minimum atomic E-state index is 0.891. The molecule has 1 aromatic carbocycles. The van der Waals surface area contributed by atoms with Gasteiger partial charge in [0.2, 0.25) is 0 Å². The van der Waals surface area contributed by atoms with Gasteiger partial charge in [-0.1, -0.05) is 0 Å². The SMILES string of the molecule is CC[C@H]1C[Se][C@@H]1c1ccccc1. The fraction of sp³-hybridized carbons (Fsp3) is 0.455. The van der Waals surface area contributed by atoms with E-state index in [4.69, 9.17) is 0 Å². The molecule has 0 saturated carbocycles. The Kier molecular flexibility index (Phi) is 2.53. The van der Waals surface area contributed by atoms with Crippen molar-refractivity contribution in [3.63, 3.8) is 0 Å². The molecule has 0 nitrogen and oxygen atoms in total. The van der Waals surface area contributed by atoms with E-state index in [0.717, 1.165) is 25.7 Å². The summed E-state index contributed by atoms with van der Waals surface area (Å²) < 4.78 is 0. The molecule has 0 amide bonds. The van der Waals surface area contributed by atoms with Crippen LogP contribution in [0.25, 0.3) is 0 Å². The zero-order chi connectivity index (χ0) is 8.39. The van der Waals surface area contributed by atoms with Crippen molar-refractivity contribution in [1.29, 1.82) is 0 Å². The van der Waals surface area contributed by atoms with Crippen LogP contribution in [0.4, 0.5) is 0 Å². The Labute approximate surface area is 80.5 Å². The number of hydrogen-bond donors (Lipinski definition) is 0. The molecule has 1 fully saturated rings. The molecule has 0 radical (unpaired) electrons. The Balaban J connectivity index is 2.11. The Morgan fingerprint density at radius 1 is 1.33 bits per heavy atom. The van der Waals surface area contributed by atoms with Gasteiger partial charge in [0, 0.05) is 0 Å². The van der Waals surface area contributed by atoms with Crippen molar-refractivity contribution in [2.45, 2.75) is 23.5 Å². The van der Waals surface area contributed by atoms with E-state index >= 15 is 0 Å². The third-order valence-corrected chi connectivity index (χ3v) is 6.00. The molecule has 0 aliphatic carbocycles. The summed E-state index contributed by atoms with van der Waals surface area (Å²) in [6, 6.07) is 11.0. The molecule has 1 saturated heterocycles. The van der Waals surface area contributed by atoms with Crippen LogP contribution in [0.1, 0.15) is 23.7 Å². The fourth-order valence-corrected chi connectivity index (χ4v) is 4.68. The maximum atomic E-state index is 2.32. The first-order valence-corrected chi connectivity index (χ1v) is 6.78. The van der Waals surface area contributed by atoms with Crippen molar-refractivity contribution in [3.8, 4) is 0 Å². The summed E-state index contributed by atoms with van der Waals surface area (Å²) in [6.45, 7) is 2.32. The average Bonchev–Trinajstić information content (AvgIpc) is 2.05. The number of rotatable bonds is 2. The Morgan fingerprint density at radius 2 is 2.08 bits per heavy atom. The topological polar surface area (TPSA) is 0 Å². The van der Waals surface area contributed by atoms with E-state index in [1.54, 1.807) is 5.56 Å². The van der Waals surface area contributed by atoms with Crippen molar-refractivity contribution in [1.82, 2.24) is 0 Å². The van der Waals surface area contributed by atoms with Crippen molar-refractivity contribution < 1.29 is 0 Å². The summed E-state index contributed by atoms with van der Waals surface area (Å²) in [4.78, 5) is 0.934. The molecule has 0 bridgehead atoms. The summed E-state index contributed by atoms with van der Waals surface area (Å²) in [5, 5.41) is 1.50. The standard InChI is InChI=1S/C11H14Se/c1-2-9-8-12-11(9)10-6-4-3-5-7-10/h3-7,9,11H,2,8H2,1H3/t9-,11-/m0/s1. The summed E-state index contributed by atoms with van der Waals surface area (Å²) in [6.07, 6.45) is 1.36. The minimum absolute atomic E-state index is 0.891. The molecule has 2 rings (SSSR count). The number of hydrogen-bond acceptors (Lipinski definition) is 0. The van der Waals surface area contributed by atoms with Crippen molar-refractivity contribution in [2.75, 3.05) is 0 Å². The van der Waals surface area contributed by atoms with Gasteiger partial charge in [-0.3, -0.25) is 0 Å². The first-order chi connectivity index (χ1) is 5.92. The second-order valence-corrected chi connectivity index (χ2v) is 5.80. The second kappa shape index (κ2) is 3.64. The van der Waals surface area contributed by atoms with Gasteiger partial charge in [0.05, 0.1) is 0 Å². The van der Waals surface area contributed by atoms with Crippen LogP contribution in [0.3, 0.4) is 0 Å². The van der Waals surface area contributed by atoms with E-state index in [0.29, 0.717) is 0 Å². The van der Waals surface area contributed by atoms with Crippen molar-refractivity contribution in [3.05, 3.63) is 35.9 Å². The van der Waals surface area contributed by atoms with Crippen LogP contribution in [0.5, 0.6) is 0 Å². The quantitative estimate of drug-likeness (QED) is 0.679. The van der Waals surface area contributed by atoms with E-state index in [1.807, 2.05) is 0 Å². The summed E-state index contributed by atoms with van der Waals surface area (Å²) in [7, 11) is 0. The van der Waals surface area contributed by atoms with Gasteiger partial charge in [-0.2, -0.15) is 0 Å². The molecule has 1 aromatic rings. The van der Waals surface area contributed by atoms with Crippen LogP contribution >= 0.6 is 0 Å². The molecular formula is C11H14Se. The average molecular weight is 225 g/mol.